The molecule has 0 aliphatic heterocycles. The molecule has 3 heterocycles. The number of aryl methyl sites for hydroxylation is 1. The minimum absolute atomic E-state index is 0.323. The minimum atomic E-state index is 0.323. The molecule has 23 heavy (non-hydrogen) atoms. The van der Waals surface area contributed by atoms with Crippen LogP contribution in [0.15, 0.2) is 49.2 Å². The average Bonchev–Trinajstić information content (AvgIpc) is 3.01. The van der Waals surface area contributed by atoms with Crippen LogP contribution in [0.3, 0.4) is 0 Å². The zero-order chi connectivity index (χ0) is 15.8. The predicted molar refractivity (Wildman–Crippen MR) is 87.8 cm³/mol. The summed E-state index contributed by atoms with van der Waals surface area (Å²) in [7, 11) is 1.89. The van der Waals surface area contributed by atoms with Gasteiger partial charge in [-0.2, -0.15) is 10.2 Å². The maximum atomic E-state index is 6.14. The van der Waals surface area contributed by atoms with Crippen LogP contribution < -0.4 is 0 Å². The molecule has 3 aromatic heterocycles. The molecule has 0 saturated carbocycles. The molecule has 6 nitrogen and oxygen atoms in total. The normalized spacial score (nSPS) is 11.0. The Kier molecular flexibility index (Phi) is 3.24. The minimum Gasteiger partial charge on any atom is -0.275 e. The first-order chi connectivity index (χ1) is 11.2. The molecule has 112 valence electrons. The highest BCUT2D eigenvalue weighted by Gasteiger charge is 2.12. The van der Waals surface area contributed by atoms with E-state index < -0.39 is 0 Å². The summed E-state index contributed by atoms with van der Waals surface area (Å²) in [4.78, 5) is 8.74. The van der Waals surface area contributed by atoms with E-state index in [1.807, 2.05) is 37.6 Å². The van der Waals surface area contributed by atoms with Crippen LogP contribution in [0.5, 0.6) is 0 Å². The largest absolute Gasteiger partial charge is 0.275 e. The molecule has 0 amide bonds. The summed E-state index contributed by atoms with van der Waals surface area (Å²) in [6.07, 6.45) is 6.92. The first kappa shape index (κ1) is 13.8. The van der Waals surface area contributed by atoms with Crippen molar-refractivity contribution in [1.82, 2.24) is 29.9 Å². The van der Waals surface area contributed by atoms with E-state index in [0.717, 1.165) is 33.3 Å². The summed E-state index contributed by atoms with van der Waals surface area (Å²) in [5.74, 6) is 0. The summed E-state index contributed by atoms with van der Waals surface area (Å²) in [6.45, 7) is 0. The van der Waals surface area contributed by atoms with Gasteiger partial charge in [0.05, 0.1) is 23.6 Å². The molecular formula is C16H11ClN6. The summed E-state index contributed by atoms with van der Waals surface area (Å²) in [5.41, 5.74) is 4.41. The van der Waals surface area contributed by atoms with Crippen molar-refractivity contribution in [2.45, 2.75) is 0 Å². The standard InChI is InChI=1S/C16H11ClN6/c1-23-8-11(7-21-23)10-2-3-12-14(6-10)18-9-19-15(12)13-4-5-20-22-16(13)17/h2-9H,1H3. The Bertz CT molecular complexity index is 1010. The van der Waals surface area contributed by atoms with E-state index >= 15 is 0 Å². The van der Waals surface area contributed by atoms with Crippen LogP contribution in [-0.4, -0.2) is 29.9 Å². The van der Waals surface area contributed by atoms with E-state index in [-0.39, 0.29) is 0 Å². The molecule has 0 unspecified atom stereocenters. The van der Waals surface area contributed by atoms with Crippen molar-refractivity contribution in [1.29, 1.82) is 0 Å². The zero-order valence-corrected chi connectivity index (χ0v) is 12.9. The molecule has 0 spiro atoms. The molecule has 4 aromatic rings. The molecule has 0 saturated heterocycles. The summed E-state index contributed by atoms with van der Waals surface area (Å²) >= 11 is 6.14. The molecule has 0 N–H and O–H groups in total. The summed E-state index contributed by atoms with van der Waals surface area (Å²) in [5, 5.41) is 13.1. The smallest absolute Gasteiger partial charge is 0.161 e. The van der Waals surface area contributed by atoms with Crippen molar-refractivity contribution in [2.24, 2.45) is 7.05 Å². The van der Waals surface area contributed by atoms with Crippen LogP contribution >= 0.6 is 11.6 Å². The van der Waals surface area contributed by atoms with Crippen molar-refractivity contribution < 1.29 is 0 Å². The van der Waals surface area contributed by atoms with Gasteiger partial charge >= 0.3 is 0 Å². The fourth-order valence-electron chi connectivity index (χ4n) is 2.51. The van der Waals surface area contributed by atoms with Gasteiger partial charge < -0.3 is 0 Å². The molecule has 4 rings (SSSR count). The van der Waals surface area contributed by atoms with Gasteiger partial charge in [-0.3, -0.25) is 4.68 Å². The third-order valence-corrected chi connectivity index (χ3v) is 3.88. The van der Waals surface area contributed by atoms with Crippen LogP contribution in [0.1, 0.15) is 0 Å². The highest BCUT2D eigenvalue weighted by atomic mass is 35.5. The third kappa shape index (κ3) is 2.43. The van der Waals surface area contributed by atoms with E-state index in [1.165, 1.54) is 6.33 Å². The second-order valence-electron chi connectivity index (χ2n) is 5.09. The molecular weight excluding hydrogens is 312 g/mol. The van der Waals surface area contributed by atoms with Crippen LogP contribution in [-0.2, 0) is 7.05 Å². The van der Waals surface area contributed by atoms with Crippen LogP contribution in [0, 0.1) is 0 Å². The second kappa shape index (κ2) is 5.40. The van der Waals surface area contributed by atoms with Gasteiger partial charge in [-0.25, -0.2) is 9.97 Å². The van der Waals surface area contributed by atoms with Crippen molar-refractivity contribution in [3.8, 4) is 22.4 Å². The number of rotatable bonds is 2. The van der Waals surface area contributed by atoms with Gasteiger partial charge in [0, 0.05) is 29.8 Å². The van der Waals surface area contributed by atoms with E-state index in [9.17, 15) is 0 Å². The highest BCUT2D eigenvalue weighted by Crippen LogP contribution is 2.31. The van der Waals surface area contributed by atoms with Gasteiger partial charge in [-0.1, -0.05) is 17.7 Å². The molecule has 0 aliphatic rings. The summed E-state index contributed by atoms with van der Waals surface area (Å²) in [6, 6.07) is 7.82. The fraction of sp³-hybridized carbons (Fsp3) is 0.0625. The lowest BCUT2D eigenvalue weighted by Crippen LogP contribution is -1.92. The number of aromatic nitrogens is 6. The second-order valence-corrected chi connectivity index (χ2v) is 5.45. The number of hydrogen-bond acceptors (Lipinski definition) is 5. The Labute approximate surface area is 136 Å². The SMILES string of the molecule is Cn1cc(-c2ccc3c(-c4ccnnc4Cl)ncnc3c2)cn1. The lowest BCUT2D eigenvalue weighted by atomic mass is 10.0. The maximum Gasteiger partial charge on any atom is 0.161 e. The monoisotopic (exact) mass is 322 g/mol. The molecule has 0 aliphatic carbocycles. The number of benzene rings is 1. The van der Waals surface area contributed by atoms with E-state index in [4.69, 9.17) is 11.6 Å². The molecule has 1 aromatic carbocycles. The van der Waals surface area contributed by atoms with Gasteiger partial charge in [-0.15, -0.1) is 5.10 Å². The Morgan fingerprint density at radius 2 is 2.00 bits per heavy atom. The number of halogens is 1. The topological polar surface area (TPSA) is 69.4 Å². The molecule has 0 radical (unpaired) electrons. The third-order valence-electron chi connectivity index (χ3n) is 3.61. The first-order valence-electron chi connectivity index (χ1n) is 6.94. The van der Waals surface area contributed by atoms with E-state index in [0.29, 0.717) is 5.15 Å². The van der Waals surface area contributed by atoms with Crippen LogP contribution in [0.25, 0.3) is 33.3 Å². The van der Waals surface area contributed by atoms with Crippen molar-refractivity contribution in [3.63, 3.8) is 0 Å². The predicted octanol–water partition coefficient (Wildman–Crippen LogP) is 3.14. The first-order valence-corrected chi connectivity index (χ1v) is 7.31. The Morgan fingerprint density at radius 3 is 2.78 bits per heavy atom. The van der Waals surface area contributed by atoms with Crippen molar-refractivity contribution >= 4 is 22.5 Å². The number of hydrogen-bond donors (Lipinski definition) is 0. The quantitative estimate of drug-likeness (QED) is 0.567. The Hall–Kier alpha value is -2.86. The van der Waals surface area contributed by atoms with E-state index in [1.54, 1.807) is 16.9 Å². The lowest BCUT2D eigenvalue weighted by molar-refractivity contribution is 0.768. The Balaban J connectivity index is 1.91. The highest BCUT2D eigenvalue weighted by molar-refractivity contribution is 6.32. The van der Waals surface area contributed by atoms with Crippen molar-refractivity contribution in [2.75, 3.05) is 0 Å². The Morgan fingerprint density at radius 1 is 1.09 bits per heavy atom. The maximum absolute atomic E-state index is 6.14. The van der Waals surface area contributed by atoms with Gasteiger partial charge in [-0.05, 0) is 23.8 Å². The molecule has 0 fully saturated rings. The van der Waals surface area contributed by atoms with Gasteiger partial charge in [0.15, 0.2) is 5.15 Å². The molecule has 0 bridgehead atoms. The van der Waals surface area contributed by atoms with Crippen LogP contribution in [0.2, 0.25) is 5.15 Å². The molecule has 0 atom stereocenters. The molecule has 7 heteroatoms. The van der Waals surface area contributed by atoms with Crippen LogP contribution in [0.4, 0.5) is 0 Å². The van der Waals surface area contributed by atoms with Gasteiger partial charge in [0.1, 0.15) is 6.33 Å². The zero-order valence-electron chi connectivity index (χ0n) is 12.2. The lowest BCUT2D eigenvalue weighted by Gasteiger charge is -2.07. The van der Waals surface area contributed by atoms with E-state index in [2.05, 4.69) is 25.3 Å². The number of fused-ring (bicyclic) bond motifs is 1. The van der Waals surface area contributed by atoms with Gasteiger partial charge in [0.25, 0.3) is 0 Å². The van der Waals surface area contributed by atoms with Gasteiger partial charge in [0.2, 0.25) is 0 Å². The fourth-order valence-corrected chi connectivity index (χ4v) is 2.71. The van der Waals surface area contributed by atoms with Crippen molar-refractivity contribution in [3.05, 3.63) is 54.3 Å². The number of nitrogens with zero attached hydrogens (tertiary/aromatic N) is 6. The summed E-state index contributed by atoms with van der Waals surface area (Å²) < 4.78 is 1.77. The average molecular weight is 323 g/mol.